The molecule has 2 atom stereocenters. The normalized spacial score (nSPS) is 20.6. The number of rotatable bonds is 4. The summed E-state index contributed by atoms with van der Waals surface area (Å²) >= 11 is 0. The summed E-state index contributed by atoms with van der Waals surface area (Å²) < 4.78 is 31.9. The molecule has 0 amide bonds. The maximum Gasteiger partial charge on any atom is 0.225 e. The van der Waals surface area contributed by atoms with Crippen LogP contribution in [-0.4, -0.2) is 59.1 Å². The van der Waals surface area contributed by atoms with Crippen LogP contribution in [0.2, 0.25) is 0 Å². The summed E-state index contributed by atoms with van der Waals surface area (Å²) in [6, 6.07) is 16.6. The predicted molar refractivity (Wildman–Crippen MR) is 130 cm³/mol. The number of ether oxygens (including phenoxy) is 1. The number of sulfone groups is 1. The molecule has 1 saturated heterocycles. The molecule has 6 rings (SSSR count). The molecule has 0 saturated carbocycles. The van der Waals surface area contributed by atoms with Crippen LogP contribution in [0.1, 0.15) is 23.9 Å². The minimum absolute atomic E-state index is 0.0711. The number of aromatic nitrogens is 4. The van der Waals surface area contributed by atoms with Gasteiger partial charge in [-0.25, -0.2) is 23.4 Å². The predicted octanol–water partition coefficient (Wildman–Crippen LogP) is 3.24. The van der Waals surface area contributed by atoms with E-state index < -0.39 is 9.84 Å². The molecule has 2 aromatic carbocycles. The van der Waals surface area contributed by atoms with Crippen molar-refractivity contribution in [2.75, 3.05) is 30.9 Å². The largest absolute Gasteiger partial charge is 0.371 e. The first-order valence-electron chi connectivity index (χ1n) is 11.4. The molecule has 0 bridgehead atoms. The van der Waals surface area contributed by atoms with Crippen LogP contribution < -0.4 is 4.90 Å². The van der Waals surface area contributed by atoms with Gasteiger partial charge in [0.25, 0.3) is 0 Å². The van der Waals surface area contributed by atoms with Crippen LogP contribution in [0.25, 0.3) is 22.2 Å². The Bertz CT molecular complexity index is 1450. The zero-order valence-corrected chi connectivity index (χ0v) is 19.6. The van der Waals surface area contributed by atoms with Crippen LogP contribution in [0.5, 0.6) is 0 Å². The number of nitrogens with zero attached hydrogens (tertiary/aromatic N) is 5. The van der Waals surface area contributed by atoms with Crippen molar-refractivity contribution in [1.29, 1.82) is 0 Å². The molecule has 2 aliphatic rings. The van der Waals surface area contributed by atoms with E-state index in [4.69, 9.17) is 9.72 Å². The van der Waals surface area contributed by atoms with E-state index in [0.717, 1.165) is 28.0 Å². The summed E-state index contributed by atoms with van der Waals surface area (Å²) in [5.41, 5.74) is 5.11. The Balaban J connectivity index is 1.32. The second kappa shape index (κ2) is 8.18. The standard InChI is InChI=1S/C25H25N5O3S/c1-34(31,32)20-9-10-29(14-20)25-26-12-19(13-27-25)18-7-8-21-22(11-18)30-23(15-33-16-24(30)28-21)17-5-3-2-4-6-17/h2-8,11-13,20,23H,9-10,14-16H2,1H3/t20?,23-/m1/s1. The molecular weight excluding hydrogens is 450 g/mol. The fourth-order valence-electron chi connectivity index (χ4n) is 4.92. The summed E-state index contributed by atoms with van der Waals surface area (Å²) in [6.45, 7) is 2.19. The number of hydrogen-bond acceptors (Lipinski definition) is 7. The van der Waals surface area contributed by atoms with E-state index in [1.807, 2.05) is 47.6 Å². The van der Waals surface area contributed by atoms with Gasteiger partial charge in [0.05, 0.1) is 28.9 Å². The van der Waals surface area contributed by atoms with Gasteiger partial charge in [0.15, 0.2) is 9.84 Å². The van der Waals surface area contributed by atoms with Crippen LogP contribution in [0.3, 0.4) is 0 Å². The third kappa shape index (κ3) is 3.74. The van der Waals surface area contributed by atoms with Crippen LogP contribution in [0.15, 0.2) is 60.9 Å². The quantitative estimate of drug-likeness (QED) is 0.448. The van der Waals surface area contributed by atoms with Gasteiger partial charge in [0, 0.05) is 37.3 Å². The van der Waals surface area contributed by atoms with E-state index >= 15 is 0 Å². The smallest absolute Gasteiger partial charge is 0.225 e. The highest BCUT2D eigenvalue weighted by atomic mass is 32.2. The van der Waals surface area contributed by atoms with Crippen molar-refractivity contribution in [3.63, 3.8) is 0 Å². The fourth-order valence-corrected chi connectivity index (χ4v) is 5.91. The van der Waals surface area contributed by atoms with Crippen LogP contribution in [0.4, 0.5) is 5.95 Å². The van der Waals surface area contributed by atoms with E-state index in [2.05, 4.69) is 32.7 Å². The molecule has 0 N–H and O–H groups in total. The number of hydrogen-bond donors (Lipinski definition) is 0. The van der Waals surface area contributed by atoms with Gasteiger partial charge < -0.3 is 14.2 Å². The molecule has 0 radical (unpaired) electrons. The van der Waals surface area contributed by atoms with E-state index in [-0.39, 0.29) is 11.3 Å². The maximum atomic E-state index is 11.9. The van der Waals surface area contributed by atoms with Crippen LogP contribution >= 0.6 is 0 Å². The minimum atomic E-state index is -3.06. The van der Waals surface area contributed by atoms with E-state index in [0.29, 0.717) is 38.7 Å². The first-order valence-corrected chi connectivity index (χ1v) is 13.3. The van der Waals surface area contributed by atoms with E-state index in [1.165, 1.54) is 11.8 Å². The third-order valence-corrected chi connectivity index (χ3v) is 8.37. The fraction of sp³-hybridized carbons (Fsp3) is 0.320. The minimum Gasteiger partial charge on any atom is -0.371 e. The van der Waals surface area contributed by atoms with Gasteiger partial charge >= 0.3 is 0 Å². The van der Waals surface area contributed by atoms with Gasteiger partial charge in [0.1, 0.15) is 12.4 Å². The van der Waals surface area contributed by atoms with Crippen molar-refractivity contribution >= 4 is 26.8 Å². The third-order valence-electron chi connectivity index (χ3n) is 6.77. The van der Waals surface area contributed by atoms with Crippen molar-refractivity contribution in [2.45, 2.75) is 24.3 Å². The van der Waals surface area contributed by atoms with Gasteiger partial charge in [0.2, 0.25) is 5.95 Å². The first kappa shape index (κ1) is 21.2. The Morgan fingerprint density at radius 1 is 1.03 bits per heavy atom. The van der Waals surface area contributed by atoms with Gasteiger partial charge in [-0.15, -0.1) is 0 Å². The highest BCUT2D eigenvalue weighted by Gasteiger charge is 2.31. The number of benzene rings is 2. The lowest BCUT2D eigenvalue weighted by Gasteiger charge is -2.26. The molecule has 174 valence electrons. The lowest BCUT2D eigenvalue weighted by atomic mass is 10.1. The number of fused-ring (bicyclic) bond motifs is 3. The van der Waals surface area contributed by atoms with Gasteiger partial charge in [-0.05, 0) is 29.7 Å². The Kier molecular flexibility index (Phi) is 5.11. The molecular formula is C25H25N5O3S. The average molecular weight is 476 g/mol. The summed E-state index contributed by atoms with van der Waals surface area (Å²) in [6.07, 6.45) is 5.52. The Labute approximate surface area is 198 Å². The number of anilines is 1. The summed E-state index contributed by atoms with van der Waals surface area (Å²) in [5.74, 6) is 1.49. The Morgan fingerprint density at radius 3 is 2.56 bits per heavy atom. The molecule has 1 fully saturated rings. The summed E-state index contributed by atoms with van der Waals surface area (Å²) in [7, 11) is -3.06. The summed E-state index contributed by atoms with van der Waals surface area (Å²) in [5, 5.41) is -0.354. The van der Waals surface area contributed by atoms with Gasteiger partial charge in [-0.1, -0.05) is 36.4 Å². The second-order valence-corrected chi connectivity index (χ2v) is 11.3. The lowest BCUT2D eigenvalue weighted by Crippen LogP contribution is -2.27. The molecule has 2 aliphatic heterocycles. The molecule has 8 nitrogen and oxygen atoms in total. The first-order chi connectivity index (χ1) is 16.5. The Morgan fingerprint density at radius 2 is 1.82 bits per heavy atom. The zero-order valence-electron chi connectivity index (χ0n) is 18.8. The van der Waals surface area contributed by atoms with Crippen LogP contribution in [-0.2, 0) is 21.2 Å². The molecule has 0 aliphatic carbocycles. The number of imidazole rings is 1. The molecule has 4 heterocycles. The van der Waals surface area contributed by atoms with Crippen molar-refractivity contribution < 1.29 is 13.2 Å². The van der Waals surface area contributed by atoms with Crippen molar-refractivity contribution in [2.24, 2.45) is 0 Å². The molecule has 4 aromatic rings. The second-order valence-electron chi connectivity index (χ2n) is 9.00. The Hall–Kier alpha value is -3.30. The summed E-state index contributed by atoms with van der Waals surface area (Å²) in [4.78, 5) is 15.8. The van der Waals surface area contributed by atoms with E-state index in [1.54, 1.807) is 0 Å². The highest BCUT2D eigenvalue weighted by Crippen LogP contribution is 2.33. The molecule has 34 heavy (non-hydrogen) atoms. The van der Waals surface area contributed by atoms with Crippen molar-refractivity contribution in [3.8, 4) is 11.1 Å². The maximum absolute atomic E-state index is 11.9. The lowest BCUT2D eigenvalue weighted by molar-refractivity contribution is 0.0679. The molecule has 1 unspecified atom stereocenters. The SMILES string of the molecule is CS(=O)(=O)C1CCN(c2ncc(-c3ccc4nc5n(c4c3)[C@@H](c3ccccc3)COC5)cn2)C1. The van der Waals surface area contributed by atoms with E-state index in [9.17, 15) is 8.42 Å². The highest BCUT2D eigenvalue weighted by molar-refractivity contribution is 7.91. The topological polar surface area (TPSA) is 90.2 Å². The molecule has 2 aromatic heterocycles. The average Bonchev–Trinajstić information content (AvgIpc) is 3.50. The van der Waals surface area contributed by atoms with Crippen LogP contribution in [0, 0.1) is 0 Å². The zero-order chi connectivity index (χ0) is 23.3. The monoisotopic (exact) mass is 475 g/mol. The molecule has 9 heteroatoms. The van der Waals surface area contributed by atoms with Gasteiger partial charge in [-0.3, -0.25) is 0 Å². The molecule has 0 spiro atoms. The van der Waals surface area contributed by atoms with Crippen molar-refractivity contribution in [1.82, 2.24) is 19.5 Å². The van der Waals surface area contributed by atoms with Crippen molar-refractivity contribution in [3.05, 3.63) is 72.3 Å². The van der Waals surface area contributed by atoms with Gasteiger partial charge in [-0.2, -0.15) is 0 Å².